The maximum Gasteiger partial charge on any atom is 0.278 e. The molecule has 0 unspecified atom stereocenters. The SMILES string of the molecule is CSC1=N/C(=C\c2ccco2)C(=O)N1Cc1cccnc1. The van der Waals surface area contributed by atoms with Gasteiger partial charge >= 0.3 is 0 Å². The first kappa shape index (κ1) is 13.6. The number of rotatable bonds is 3. The van der Waals surface area contributed by atoms with Crippen molar-refractivity contribution in [3.05, 3.63) is 59.9 Å². The first-order chi connectivity index (χ1) is 10.3. The summed E-state index contributed by atoms with van der Waals surface area (Å²) in [5, 5.41) is 0.682. The fraction of sp³-hybridized carbons (Fsp3) is 0.133. The van der Waals surface area contributed by atoms with Gasteiger partial charge in [0.05, 0.1) is 12.8 Å². The Kier molecular flexibility index (Phi) is 3.87. The van der Waals surface area contributed by atoms with Crippen LogP contribution in [0.4, 0.5) is 0 Å². The summed E-state index contributed by atoms with van der Waals surface area (Å²) in [6.07, 6.45) is 8.58. The number of thioether (sulfide) groups is 1. The molecule has 0 saturated heterocycles. The zero-order valence-electron chi connectivity index (χ0n) is 11.4. The van der Waals surface area contributed by atoms with Crippen LogP contribution in [0.5, 0.6) is 0 Å². The zero-order chi connectivity index (χ0) is 14.7. The largest absolute Gasteiger partial charge is 0.465 e. The Morgan fingerprint density at radius 1 is 1.38 bits per heavy atom. The Labute approximate surface area is 126 Å². The Balaban J connectivity index is 1.86. The number of furan rings is 1. The molecule has 3 rings (SSSR count). The fourth-order valence-corrected chi connectivity index (χ4v) is 2.57. The average molecular weight is 299 g/mol. The van der Waals surface area contributed by atoms with Crippen molar-refractivity contribution in [1.29, 1.82) is 0 Å². The summed E-state index contributed by atoms with van der Waals surface area (Å²) in [6, 6.07) is 7.36. The molecular weight excluding hydrogens is 286 g/mol. The molecule has 1 amide bonds. The van der Waals surface area contributed by atoms with E-state index in [9.17, 15) is 4.79 Å². The molecule has 0 fully saturated rings. The van der Waals surface area contributed by atoms with E-state index in [1.54, 1.807) is 41.8 Å². The summed E-state index contributed by atoms with van der Waals surface area (Å²) in [5.74, 6) is 0.491. The molecule has 6 heteroatoms. The predicted octanol–water partition coefficient (Wildman–Crippen LogP) is 2.78. The van der Waals surface area contributed by atoms with Crippen molar-refractivity contribution in [2.75, 3.05) is 6.26 Å². The number of amides is 1. The third-order valence-corrected chi connectivity index (χ3v) is 3.66. The van der Waals surface area contributed by atoms with Gasteiger partial charge in [0.2, 0.25) is 0 Å². The van der Waals surface area contributed by atoms with Gasteiger partial charge in [-0.1, -0.05) is 17.8 Å². The lowest BCUT2D eigenvalue weighted by Crippen LogP contribution is -2.29. The van der Waals surface area contributed by atoms with Crippen molar-refractivity contribution in [2.45, 2.75) is 6.54 Å². The fourth-order valence-electron chi connectivity index (χ4n) is 2.01. The van der Waals surface area contributed by atoms with Crippen LogP contribution in [-0.4, -0.2) is 27.2 Å². The summed E-state index contributed by atoms with van der Waals surface area (Å²) in [4.78, 5) is 22.6. The van der Waals surface area contributed by atoms with Gasteiger partial charge in [0, 0.05) is 18.5 Å². The lowest BCUT2D eigenvalue weighted by molar-refractivity contribution is -0.122. The minimum Gasteiger partial charge on any atom is -0.465 e. The second-order valence-corrected chi connectivity index (χ2v) is 5.17. The molecule has 0 spiro atoms. The quantitative estimate of drug-likeness (QED) is 0.818. The van der Waals surface area contributed by atoms with E-state index in [1.165, 1.54) is 11.8 Å². The Bertz CT molecular complexity index is 693. The van der Waals surface area contributed by atoms with Gasteiger partial charge < -0.3 is 4.42 Å². The Morgan fingerprint density at radius 3 is 2.95 bits per heavy atom. The molecule has 0 atom stereocenters. The maximum atomic E-state index is 12.5. The van der Waals surface area contributed by atoms with Gasteiger partial charge in [0.25, 0.3) is 5.91 Å². The lowest BCUT2D eigenvalue weighted by Gasteiger charge is -2.16. The van der Waals surface area contributed by atoms with Crippen molar-refractivity contribution in [3.8, 4) is 0 Å². The monoisotopic (exact) mass is 299 g/mol. The van der Waals surface area contributed by atoms with Crippen LogP contribution < -0.4 is 0 Å². The molecule has 0 N–H and O–H groups in total. The topological polar surface area (TPSA) is 58.7 Å². The van der Waals surface area contributed by atoms with Crippen LogP contribution in [0.1, 0.15) is 11.3 Å². The lowest BCUT2D eigenvalue weighted by atomic mass is 10.2. The van der Waals surface area contributed by atoms with Gasteiger partial charge in [-0.2, -0.15) is 0 Å². The summed E-state index contributed by atoms with van der Waals surface area (Å²) < 4.78 is 5.23. The number of aliphatic imine (C=N–C) groups is 1. The van der Waals surface area contributed by atoms with Crippen molar-refractivity contribution in [2.24, 2.45) is 4.99 Å². The van der Waals surface area contributed by atoms with Crippen LogP contribution in [0.15, 0.2) is 58.0 Å². The average Bonchev–Trinajstić information content (AvgIpc) is 3.12. The molecule has 5 nitrogen and oxygen atoms in total. The molecule has 2 aromatic heterocycles. The second-order valence-electron chi connectivity index (χ2n) is 4.40. The first-order valence-corrected chi connectivity index (χ1v) is 7.59. The number of nitrogens with zero attached hydrogens (tertiary/aromatic N) is 3. The number of pyridine rings is 1. The van der Waals surface area contributed by atoms with E-state index < -0.39 is 0 Å². The molecule has 0 radical (unpaired) electrons. The molecular formula is C15H13N3O2S. The number of aromatic nitrogens is 1. The molecule has 0 saturated carbocycles. The molecule has 106 valence electrons. The van der Waals surface area contributed by atoms with Gasteiger partial charge in [0.1, 0.15) is 11.5 Å². The van der Waals surface area contributed by atoms with E-state index >= 15 is 0 Å². The van der Waals surface area contributed by atoms with Crippen LogP contribution >= 0.6 is 11.8 Å². The molecule has 3 heterocycles. The van der Waals surface area contributed by atoms with Crippen LogP contribution in [0, 0.1) is 0 Å². The molecule has 0 aromatic carbocycles. The normalized spacial score (nSPS) is 16.6. The highest BCUT2D eigenvalue weighted by Gasteiger charge is 2.30. The van der Waals surface area contributed by atoms with Crippen LogP contribution in [0.2, 0.25) is 0 Å². The van der Waals surface area contributed by atoms with Crippen molar-refractivity contribution in [3.63, 3.8) is 0 Å². The third kappa shape index (κ3) is 2.90. The minimum absolute atomic E-state index is 0.125. The predicted molar refractivity (Wildman–Crippen MR) is 82.4 cm³/mol. The molecule has 0 bridgehead atoms. The first-order valence-electron chi connectivity index (χ1n) is 6.36. The molecule has 1 aliphatic heterocycles. The van der Waals surface area contributed by atoms with Gasteiger partial charge in [-0.25, -0.2) is 4.99 Å². The number of hydrogen-bond acceptors (Lipinski definition) is 5. The van der Waals surface area contributed by atoms with Crippen LogP contribution in [0.3, 0.4) is 0 Å². The van der Waals surface area contributed by atoms with E-state index in [0.717, 1.165) is 5.56 Å². The van der Waals surface area contributed by atoms with E-state index in [0.29, 0.717) is 23.2 Å². The molecule has 2 aromatic rings. The van der Waals surface area contributed by atoms with Crippen LogP contribution in [-0.2, 0) is 11.3 Å². The maximum absolute atomic E-state index is 12.5. The number of hydrogen-bond donors (Lipinski definition) is 0. The number of amidine groups is 1. The highest BCUT2D eigenvalue weighted by atomic mass is 32.2. The summed E-state index contributed by atoms with van der Waals surface area (Å²) in [6.45, 7) is 0.460. The smallest absolute Gasteiger partial charge is 0.278 e. The number of carbonyl (C=O) groups is 1. The zero-order valence-corrected chi connectivity index (χ0v) is 12.2. The Hall–Kier alpha value is -2.34. The highest BCUT2D eigenvalue weighted by molar-refractivity contribution is 8.13. The number of carbonyl (C=O) groups excluding carboxylic acids is 1. The standard InChI is InChI=1S/C15H13N3O2S/c1-21-15-17-13(8-12-5-3-7-20-12)14(19)18(15)10-11-4-2-6-16-9-11/h2-9H,10H2,1H3/b13-8-. The molecule has 0 aliphatic carbocycles. The minimum atomic E-state index is -0.125. The Morgan fingerprint density at radius 2 is 2.29 bits per heavy atom. The summed E-state index contributed by atoms with van der Waals surface area (Å²) in [7, 11) is 0. The van der Waals surface area contributed by atoms with Gasteiger partial charge in [0.15, 0.2) is 5.17 Å². The second kappa shape index (κ2) is 5.97. The van der Waals surface area contributed by atoms with Crippen molar-refractivity contribution in [1.82, 2.24) is 9.88 Å². The highest BCUT2D eigenvalue weighted by Crippen LogP contribution is 2.24. The van der Waals surface area contributed by atoms with Crippen molar-refractivity contribution < 1.29 is 9.21 Å². The third-order valence-electron chi connectivity index (χ3n) is 2.98. The summed E-state index contributed by atoms with van der Waals surface area (Å²) >= 11 is 1.44. The van der Waals surface area contributed by atoms with E-state index in [4.69, 9.17) is 4.42 Å². The van der Waals surface area contributed by atoms with E-state index in [1.807, 2.05) is 18.4 Å². The van der Waals surface area contributed by atoms with Crippen molar-refractivity contribution >= 4 is 28.9 Å². The van der Waals surface area contributed by atoms with Gasteiger partial charge in [-0.3, -0.25) is 14.7 Å². The summed E-state index contributed by atoms with van der Waals surface area (Å²) in [5.41, 5.74) is 1.35. The van der Waals surface area contributed by atoms with E-state index in [2.05, 4.69) is 9.98 Å². The van der Waals surface area contributed by atoms with Crippen LogP contribution in [0.25, 0.3) is 6.08 Å². The van der Waals surface area contributed by atoms with Gasteiger partial charge in [-0.05, 0) is 30.0 Å². The molecule has 1 aliphatic rings. The van der Waals surface area contributed by atoms with E-state index in [-0.39, 0.29) is 5.91 Å². The molecule has 21 heavy (non-hydrogen) atoms. The van der Waals surface area contributed by atoms with Gasteiger partial charge in [-0.15, -0.1) is 0 Å².